The molecule has 112 valence electrons. The normalized spacial score (nSPS) is 34.9. The third-order valence-corrected chi connectivity index (χ3v) is 5.63. The van der Waals surface area contributed by atoms with Crippen LogP contribution < -0.4 is 5.73 Å². The predicted octanol–water partition coefficient (Wildman–Crippen LogP) is 2.64. The summed E-state index contributed by atoms with van der Waals surface area (Å²) in [5.74, 6) is 1.51. The Bertz CT molecular complexity index is 274. The van der Waals surface area contributed by atoms with E-state index in [0.29, 0.717) is 6.10 Å². The van der Waals surface area contributed by atoms with Crippen LogP contribution in [-0.2, 0) is 4.74 Å². The highest BCUT2D eigenvalue weighted by molar-refractivity contribution is 5.02. The molecule has 2 atom stereocenters. The van der Waals surface area contributed by atoms with Crippen LogP contribution in [0.25, 0.3) is 0 Å². The molecule has 2 unspecified atom stereocenters. The smallest absolute Gasteiger partial charge is 0.0595 e. The van der Waals surface area contributed by atoms with Crippen molar-refractivity contribution in [1.82, 2.24) is 4.90 Å². The first-order chi connectivity index (χ1) is 9.14. The summed E-state index contributed by atoms with van der Waals surface area (Å²) in [6.07, 6.45) is 8.20. The quantitative estimate of drug-likeness (QED) is 0.852. The number of piperidine rings is 1. The highest BCUT2D eigenvalue weighted by Gasteiger charge is 2.46. The molecule has 3 heteroatoms. The molecule has 1 aliphatic heterocycles. The second-order valence-electron chi connectivity index (χ2n) is 6.83. The van der Waals surface area contributed by atoms with Gasteiger partial charge in [-0.2, -0.15) is 0 Å². The van der Waals surface area contributed by atoms with E-state index in [2.05, 4.69) is 18.7 Å². The van der Waals surface area contributed by atoms with Gasteiger partial charge in [-0.25, -0.2) is 0 Å². The minimum absolute atomic E-state index is 0.269. The van der Waals surface area contributed by atoms with Crippen LogP contribution in [0.15, 0.2) is 0 Å². The highest BCUT2D eigenvalue weighted by atomic mass is 16.5. The lowest BCUT2D eigenvalue weighted by Crippen LogP contribution is -2.63. The van der Waals surface area contributed by atoms with Gasteiger partial charge in [0.25, 0.3) is 0 Å². The van der Waals surface area contributed by atoms with Crippen molar-refractivity contribution in [3.63, 3.8) is 0 Å². The first-order valence-corrected chi connectivity index (χ1v) is 8.12. The molecule has 0 aromatic rings. The fourth-order valence-corrected chi connectivity index (χ4v) is 4.52. The molecule has 0 radical (unpaired) electrons. The zero-order valence-corrected chi connectivity index (χ0v) is 13.0. The molecule has 2 fully saturated rings. The van der Waals surface area contributed by atoms with Gasteiger partial charge in [-0.15, -0.1) is 0 Å². The van der Waals surface area contributed by atoms with E-state index in [1.165, 1.54) is 51.6 Å². The summed E-state index contributed by atoms with van der Waals surface area (Å²) in [7, 11) is 1.84. The van der Waals surface area contributed by atoms with Crippen LogP contribution in [-0.4, -0.2) is 43.3 Å². The lowest BCUT2D eigenvalue weighted by molar-refractivity contribution is -0.0533. The fourth-order valence-electron chi connectivity index (χ4n) is 4.52. The Morgan fingerprint density at radius 3 is 2.42 bits per heavy atom. The molecule has 1 aliphatic carbocycles. The van der Waals surface area contributed by atoms with Gasteiger partial charge in [-0.3, -0.25) is 4.90 Å². The number of hydrogen-bond donors (Lipinski definition) is 1. The van der Waals surface area contributed by atoms with E-state index < -0.39 is 0 Å². The number of ether oxygens (including phenoxy) is 1. The van der Waals surface area contributed by atoms with E-state index in [0.717, 1.165) is 18.4 Å². The Labute approximate surface area is 118 Å². The van der Waals surface area contributed by atoms with E-state index in [1.807, 2.05) is 7.11 Å². The highest BCUT2D eigenvalue weighted by Crippen LogP contribution is 2.43. The molecular weight excluding hydrogens is 236 g/mol. The third-order valence-electron chi connectivity index (χ3n) is 5.63. The molecule has 2 rings (SSSR count). The van der Waals surface area contributed by atoms with E-state index in [1.54, 1.807) is 0 Å². The van der Waals surface area contributed by atoms with Gasteiger partial charge in [0.1, 0.15) is 0 Å². The van der Waals surface area contributed by atoms with Gasteiger partial charge in [0.15, 0.2) is 0 Å². The Kier molecular flexibility index (Phi) is 5.27. The molecule has 1 saturated heterocycles. The summed E-state index contributed by atoms with van der Waals surface area (Å²) in [5, 5.41) is 0. The molecule has 0 aromatic carbocycles. The van der Waals surface area contributed by atoms with E-state index in [4.69, 9.17) is 10.5 Å². The van der Waals surface area contributed by atoms with Crippen molar-refractivity contribution >= 4 is 0 Å². The minimum atomic E-state index is 0.269. The van der Waals surface area contributed by atoms with E-state index in [9.17, 15) is 0 Å². The van der Waals surface area contributed by atoms with Crippen molar-refractivity contribution in [1.29, 1.82) is 0 Å². The van der Waals surface area contributed by atoms with Crippen LogP contribution in [0.2, 0.25) is 0 Å². The van der Waals surface area contributed by atoms with Crippen LogP contribution in [0, 0.1) is 11.8 Å². The number of likely N-dealkylation sites (tertiary alicyclic amines) is 1. The molecule has 0 bridgehead atoms. The van der Waals surface area contributed by atoms with Crippen LogP contribution >= 0.6 is 0 Å². The Balaban J connectivity index is 2.11. The Hall–Kier alpha value is -0.120. The summed E-state index contributed by atoms with van der Waals surface area (Å²) in [4.78, 5) is 2.71. The van der Waals surface area contributed by atoms with Gasteiger partial charge in [0, 0.05) is 32.3 Å². The lowest BCUT2D eigenvalue weighted by Gasteiger charge is -2.54. The molecule has 2 N–H and O–H groups in total. The number of methoxy groups -OCH3 is 1. The Morgan fingerprint density at radius 2 is 1.89 bits per heavy atom. The summed E-state index contributed by atoms with van der Waals surface area (Å²) in [6, 6.07) is 0. The maximum absolute atomic E-state index is 6.29. The Morgan fingerprint density at radius 1 is 1.21 bits per heavy atom. The first-order valence-electron chi connectivity index (χ1n) is 8.12. The van der Waals surface area contributed by atoms with Crippen molar-refractivity contribution in [2.45, 2.75) is 64.0 Å². The van der Waals surface area contributed by atoms with Crippen molar-refractivity contribution in [3.8, 4) is 0 Å². The third kappa shape index (κ3) is 2.98. The maximum Gasteiger partial charge on any atom is 0.0595 e. The molecular formula is C16H32N2O. The van der Waals surface area contributed by atoms with Gasteiger partial charge in [-0.05, 0) is 37.5 Å². The average molecular weight is 268 g/mol. The molecule has 0 aromatic heterocycles. The van der Waals surface area contributed by atoms with Crippen molar-refractivity contribution in [2.75, 3.05) is 26.7 Å². The molecule has 1 heterocycles. The largest absolute Gasteiger partial charge is 0.381 e. The number of nitrogens with two attached hydrogens (primary N) is 1. The van der Waals surface area contributed by atoms with Crippen molar-refractivity contribution in [2.24, 2.45) is 17.6 Å². The minimum Gasteiger partial charge on any atom is -0.381 e. The molecule has 2 aliphatic rings. The summed E-state index contributed by atoms with van der Waals surface area (Å²) in [5.41, 5.74) is 6.56. The SMILES string of the molecule is COC1CCN(C2(CN)CCCCC2C(C)C)CC1. The van der Waals surface area contributed by atoms with Gasteiger partial charge >= 0.3 is 0 Å². The lowest BCUT2D eigenvalue weighted by atomic mass is 9.66. The monoisotopic (exact) mass is 268 g/mol. The average Bonchev–Trinajstić information content (AvgIpc) is 2.47. The number of rotatable bonds is 4. The predicted molar refractivity (Wildman–Crippen MR) is 80.2 cm³/mol. The van der Waals surface area contributed by atoms with Crippen LogP contribution in [0.5, 0.6) is 0 Å². The van der Waals surface area contributed by atoms with E-state index in [-0.39, 0.29) is 5.54 Å². The van der Waals surface area contributed by atoms with Crippen molar-refractivity contribution < 1.29 is 4.74 Å². The van der Waals surface area contributed by atoms with Crippen LogP contribution in [0.1, 0.15) is 52.4 Å². The molecule has 0 spiro atoms. The van der Waals surface area contributed by atoms with Gasteiger partial charge in [0.2, 0.25) is 0 Å². The van der Waals surface area contributed by atoms with Gasteiger partial charge in [-0.1, -0.05) is 26.7 Å². The number of nitrogens with zero attached hydrogens (tertiary/aromatic N) is 1. The summed E-state index contributed by atoms with van der Waals surface area (Å²) >= 11 is 0. The second kappa shape index (κ2) is 6.55. The van der Waals surface area contributed by atoms with E-state index >= 15 is 0 Å². The summed E-state index contributed by atoms with van der Waals surface area (Å²) in [6.45, 7) is 7.91. The maximum atomic E-state index is 6.29. The molecule has 0 amide bonds. The second-order valence-corrected chi connectivity index (χ2v) is 6.83. The standard InChI is InChI=1S/C16H32N2O/c1-13(2)15-6-4-5-9-16(15,12-17)18-10-7-14(19-3)8-11-18/h13-15H,4-12,17H2,1-3H3. The van der Waals surface area contributed by atoms with Gasteiger partial charge < -0.3 is 10.5 Å². The summed E-state index contributed by atoms with van der Waals surface area (Å²) < 4.78 is 5.51. The van der Waals surface area contributed by atoms with Gasteiger partial charge in [0.05, 0.1) is 6.10 Å². The molecule has 1 saturated carbocycles. The van der Waals surface area contributed by atoms with Crippen molar-refractivity contribution in [3.05, 3.63) is 0 Å². The zero-order chi connectivity index (χ0) is 13.9. The fraction of sp³-hybridized carbons (Fsp3) is 1.00. The zero-order valence-electron chi connectivity index (χ0n) is 13.0. The van der Waals surface area contributed by atoms with Crippen LogP contribution in [0.3, 0.4) is 0 Å². The first kappa shape index (κ1) is 15.3. The topological polar surface area (TPSA) is 38.5 Å². The van der Waals surface area contributed by atoms with Crippen LogP contribution in [0.4, 0.5) is 0 Å². The molecule has 3 nitrogen and oxygen atoms in total. The number of hydrogen-bond acceptors (Lipinski definition) is 3. The molecule has 19 heavy (non-hydrogen) atoms.